The Labute approximate surface area is 142 Å². The molecule has 0 aliphatic carbocycles. The maximum Gasteiger partial charge on any atom is 0.414 e. The Morgan fingerprint density at radius 1 is 1.17 bits per heavy atom. The summed E-state index contributed by atoms with van der Waals surface area (Å²) in [5, 5.41) is 18.3. The molecule has 134 valence electrons. The topological polar surface area (TPSA) is 95.9 Å². The number of carbonyl (C=O) groups is 2. The van der Waals surface area contributed by atoms with Crippen molar-refractivity contribution in [2.24, 2.45) is 0 Å². The number of hydrogen-bond donors (Lipinski definition) is 3. The Balaban J connectivity index is 0.000000413. The standard InChI is InChI=1S/C16H25NO.C2H2O4/c1-16(2,3)14-8-6-13(7-9-14)11-17-12-15-5-4-10-18-15;3-1(4)2(5)6/h6-9,15,17H,4-5,10-12H2,1-3H3;(H,3,4)(H,5,6). The summed E-state index contributed by atoms with van der Waals surface area (Å²) in [6.45, 7) is 9.59. The molecule has 1 aliphatic rings. The van der Waals surface area contributed by atoms with Gasteiger partial charge in [0.1, 0.15) is 0 Å². The van der Waals surface area contributed by atoms with Crippen LogP contribution in [0.4, 0.5) is 0 Å². The van der Waals surface area contributed by atoms with E-state index >= 15 is 0 Å². The van der Waals surface area contributed by atoms with Gasteiger partial charge in [-0.15, -0.1) is 0 Å². The van der Waals surface area contributed by atoms with Crippen molar-refractivity contribution in [1.29, 1.82) is 0 Å². The molecule has 0 radical (unpaired) electrons. The van der Waals surface area contributed by atoms with Crippen LogP contribution in [0.2, 0.25) is 0 Å². The summed E-state index contributed by atoms with van der Waals surface area (Å²) >= 11 is 0. The molecule has 0 spiro atoms. The summed E-state index contributed by atoms with van der Waals surface area (Å²) < 4.78 is 5.59. The van der Waals surface area contributed by atoms with E-state index in [1.54, 1.807) is 0 Å². The van der Waals surface area contributed by atoms with Gasteiger partial charge in [0.05, 0.1) is 6.10 Å². The Bertz CT molecular complexity index is 515. The predicted octanol–water partition coefficient (Wildman–Crippen LogP) is 2.41. The van der Waals surface area contributed by atoms with E-state index in [-0.39, 0.29) is 5.41 Å². The van der Waals surface area contributed by atoms with E-state index in [2.05, 4.69) is 50.4 Å². The quantitative estimate of drug-likeness (QED) is 0.730. The van der Waals surface area contributed by atoms with Gasteiger partial charge in [-0.05, 0) is 29.4 Å². The average molecular weight is 337 g/mol. The highest BCUT2D eigenvalue weighted by Gasteiger charge is 2.15. The van der Waals surface area contributed by atoms with Crippen LogP contribution in [0.25, 0.3) is 0 Å². The first-order valence-electron chi connectivity index (χ1n) is 8.08. The lowest BCUT2D eigenvalue weighted by atomic mass is 9.87. The number of hydrogen-bond acceptors (Lipinski definition) is 4. The van der Waals surface area contributed by atoms with Crippen LogP contribution >= 0.6 is 0 Å². The zero-order chi connectivity index (χ0) is 18.2. The summed E-state index contributed by atoms with van der Waals surface area (Å²) in [5.74, 6) is -3.65. The van der Waals surface area contributed by atoms with Gasteiger partial charge in [-0.25, -0.2) is 9.59 Å². The molecule has 1 fully saturated rings. The molecule has 0 saturated carbocycles. The highest BCUT2D eigenvalue weighted by molar-refractivity contribution is 6.27. The molecule has 1 atom stereocenters. The van der Waals surface area contributed by atoms with E-state index in [0.29, 0.717) is 6.10 Å². The molecule has 0 aromatic heterocycles. The second-order valence-corrected chi connectivity index (χ2v) is 6.82. The molecule has 2 rings (SSSR count). The molecular formula is C18H27NO5. The molecule has 0 amide bonds. The fourth-order valence-electron chi connectivity index (χ4n) is 2.31. The third-order valence-electron chi connectivity index (χ3n) is 3.73. The second kappa shape index (κ2) is 9.39. The van der Waals surface area contributed by atoms with Crippen molar-refractivity contribution >= 4 is 11.9 Å². The van der Waals surface area contributed by atoms with Crippen molar-refractivity contribution in [1.82, 2.24) is 5.32 Å². The Kier molecular flexibility index (Phi) is 7.88. The summed E-state index contributed by atoms with van der Waals surface area (Å²) in [7, 11) is 0. The van der Waals surface area contributed by atoms with Crippen LogP contribution in [0.5, 0.6) is 0 Å². The van der Waals surface area contributed by atoms with Gasteiger partial charge in [-0.1, -0.05) is 45.0 Å². The monoisotopic (exact) mass is 337 g/mol. The largest absolute Gasteiger partial charge is 0.473 e. The third kappa shape index (κ3) is 7.57. The first kappa shape index (κ1) is 20.1. The number of benzene rings is 1. The summed E-state index contributed by atoms with van der Waals surface area (Å²) in [6.07, 6.45) is 2.85. The predicted molar refractivity (Wildman–Crippen MR) is 91.1 cm³/mol. The van der Waals surface area contributed by atoms with Crippen LogP contribution in [0.1, 0.15) is 44.7 Å². The van der Waals surface area contributed by atoms with Crippen LogP contribution < -0.4 is 5.32 Å². The maximum atomic E-state index is 9.10. The number of ether oxygens (including phenoxy) is 1. The summed E-state index contributed by atoms with van der Waals surface area (Å²) in [5.41, 5.74) is 2.98. The lowest BCUT2D eigenvalue weighted by molar-refractivity contribution is -0.159. The van der Waals surface area contributed by atoms with Gasteiger partial charge in [-0.3, -0.25) is 0 Å². The van der Waals surface area contributed by atoms with Crippen LogP contribution in [0.3, 0.4) is 0 Å². The van der Waals surface area contributed by atoms with Crippen molar-refractivity contribution < 1.29 is 24.5 Å². The number of carboxylic acids is 2. The Morgan fingerprint density at radius 3 is 2.17 bits per heavy atom. The van der Waals surface area contributed by atoms with E-state index in [1.165, 1.54) is 24.0 Å². The lowest BCUT2D eigenvalue weighted by Crippen LogP contribution is -2.25. The highest BCUT2D eigenvalue weighted by atomic mass is 16.5. The zero-order valence-electron chi connectivity index (χ0n) is 14.5. The molecule has 1 unspecified atom stereocenters. The van der Waals surface area contributed by atoms with Crippen molar-refractivity contribution in [3.8, 4) is 0 Å². The number of rotatable bonds is 4. The lowest BCUT2D eigenvalue weighted by Gasteiger charge is -2.19. The molecule has 1 aliphatic heterocycles. The van der Waals surface area contributed by atoms with Crippen molar-refractivity contribution in [3.05, 3.63) is 35.4 Å². The van der Waals surface area contributed by atoms with Crippen LogP contribution in [0, 0.1) is 0 Å². The molecule has 6 heteroatoms. The van der Waals surface area contributed by atoms with Gasteiger partial charge in [-0.2, -0.15) is 0 Å². The average Bonchev–Trinajstić information content (AvgIpc) is 3.01. The van der Waals surface area contributed by atoms with Crippen LogP contribution in [-0.4, -0.2) is 41.4 Å². The normalized spacial score (nSPS) is 17.0. The van der Waals surface area contributed by atoms with Crippen molar-refractivity contribution in [2.75, 3.05) is 13.2 Å². The minimum atomic E-state index is -1.82. The number of aliphatic carboxylic acids is 2. The van der Waals surface area contributed by atoms with Crippen LogP contribution in [0.15, 0.2) is 24.3 Å². The summed E-state index contributed by atoms with van der Waals surface area (Å²) in [4.78, 5) is 18.2. The van der Waals surface area contributed by atoms with E-state index in [9.17, 15) is 0 Å². The van der Waals surface area contributed by atoms with Gasteiger partial charge in [0.25, 0.3) is 0 Å². The molecule has 1 saturated heterocycles. The van der Waals surface area contributed by atoms with Crippen molar-refractivity contribution in [3.63, 3.8) is 0 Å². The number of carboxylic acid groups (broad SMARTS) is 2. The first-order valence-corrected chi connectivity index (χ1v) is 8.08. The molecule has 6 nitrogen and oxygen atoms in total. The van der Waals surface area contributed by atoms with E-state index in [4.69, 9.17) is 24.5 Å². The molecule has 1 heterocycles. The third-order valence-corrected chi connectivity index (χ3v) is 3.73. The van der Waals surface area contributed by atoms with Gasteiger partial charge < -0.3 is 20.3 Å². The molecule has 24 heavy (non-hydrogen) atoms. The van der Waals surface area contributed by atoms with Crippen molar-refractivity contribution in [2.45, 2.75) is 51.7 Å². The second-order valence-electron chi connectivity index (χ2n) is 6.82. The minimum absolute atomic E-state index is 0.240. The van der Waals surface area contributed by atoms with E-state index in [0.717, 1.165) is 19.7 Å². The Hall–Kier alpha value is -1.92. The van der Waals surface area contributed by atoms with E-state index in [1.807, 2.05) is 0 Å². The maximum absolute atomic E-state index is 9.10. The van der Waals surface area contributed by atoms with Gasteiger partial charge in [0.2, 0.25) is 0 Å². The first-order chi connectivity index (χ1) is 11.2. The van der Waals surface area contributed by atoms with Gasteiger partial charge >= 0.3 is 11.9 Å². The zero-order valence-corrected chi connectivity index (χ0v) is 14.5. The summed E-state index contributed by atoms with van der Waals surface area (Å²) in [6, 6.07) is 8.93. The molecule has 1 aromatic carbocycles. The fraction of sp³-hybridized carbons (Fsp3) is 0.556. The van der Waals surface area contributed by atoms with Gasteiger partial charge in [0.15, 0.2) is 0 Å². The van der Waals surface area contributed by atoms with Gasteiger partial charge in [0, 0.05) is 19.7 Å². The number of nitrogens with one attached hydrogen (secondary N) is 1. The highest BCUT2D eigenvalue weighted by Crippen LogP contribution is 2.22. The Morgan fingerprint density at radius 2 is 1.75 bits per heavy atom. The SMILES string of the molecule is CC(C)(C)c1ccc(CNCC2CCCO2)cc1.O=C(O)C(=O)O. The molecule has 1 aromatic rings. The molecular weight excluding hydrogens is 310 g/mol. The minimum Gasteiger partial charge on any atom is -0.473 e. The van der Waals surface area contributed by atoms with E-state index < -0.39 is 11.9 Å². The fourth-order valence-corrected chi connectivity index (χ4v) is 2.31. The smallest absolute Gasteiger partial charge is 0.414 e. The molecule has 0 bridgehead atoms. The van der Waals surface area contributed by atoms with Crippen LogP contribution in [-0.2, 0) is 26.3 Å². The molecule has 3 N–H and O–H groups in total.